The Kier molecular flexibility index (Phi) is 6.45. The number of hydrogen-bond acceptors (Lipinski definition) is 7. The van der Waals surface area contributed by atoms with Gasteiger partial charge in [-0.2, -0.15) is 0 Å². The van der Waals surface area contributed by atoms with E-state index in [9.17, 15) is 19.2 Å². The Morgan fingerprint density at radius 2 is 1.93 bits per heavy atom. The van der Waals surface area contributed by atoms with Crippen LogP contribution in [-0.2, 0) is 19.1 Å². The molecule has 1 aliphatic heterocycles. The second-order valence-electron chi connectivity index (χ2n) is 6.28. The van der Waals surface area contributed by atoms with Crippen LogP contribution in [0.25, 0.3) is 0 Å². The second-order valence-corrected chi connectivity index (χ2v) is 6.28. The van der Waals surface area contributed by atoms with Gasteiger partial charge in [-0.15, -0.1) is 0 Å². The molecule has 0 radical (unpaired) electrons. The molecular formula is C18H23N3O7. The van der Waals surface area contributed by atoms with Gasteiger partial charge in [0.15, 0.2) is 6.61 Å². The number of benzene rings is 1. The number of nitrogens with one attached hydrogen (secondary N) is 2. The summed E-state index contributed by atoms with van der Waals surface area (Å²) in [6.45, 7) is 2.16. The van der Waals surface area contributed by atoms with Gasteiger partial charge >= 0.3 is 12.0 Å². The highest BCUT2D eigenvalue weighted by molar-refractivity contribution is 6.08. The maximum absolute atomic E-state index is 12.2. The van der Waals surface area contributed by atoms with E-state index in [4.69, 9.17) is 14.2 Å². The number of rotatable bonds is 8. The van der Waals surface area contributed by atoms with E-state index in [0.29, 0.717) is 23.6 Å². The first-order valence-electron chi connectivity index (χ1n) is 8.55. The molecule has 1 atom stereocenters. The summed E-state index contributed by atoms with van der Waals surface area (Å²) in [4.78, 5) is 48.9. The number of esters is 1. The summed E-state index contributed by atoms with van der Waals surface area (Å²) in [6, 6.07) is 4.16. The van der Waals surface area contributed by atoms with E-state index < -0.39 is 42.5 Å². The largest absolute Gasteiger partial charge is 0.497 e. The molecule has 1 aromatic carbocycles. The molecule has 2 N–H and O–H groups in total. The summed E-state index contributed by atoms with van der Waals surface area (Å²) in [5.74, 6) is -1.10. The summed E-state index contributed by atoms with van der Waals surface area (Å²) in [6.07, 6.45) is 0.383. The number of nitrogens with zero attached hydrogens (tertiary/aromatic N) is 1. The monoisotopic (exact) mass is 393 g/mol. The minimum atomic E-state index is -1.04. The smallest absolute Gasteiger partial charge is 0.326 e. The van der Waals surface area contributed by atoms with Crippen molar-refractivity contribution in [1.82, 2.24) is 10.2 Å². The van der Waals surface area contributed by atoms with Crippen molar-refractivity contribution in [2.45, 2.75) is 25.8 Å². The Balaban J connectivity index is 1.90. The van der Waals surface area contributed by atoms with Crippen LogP contribution in [0.3, 0.4) is 0 Å². The summed E-state index contributed by atoms with van der Waals surface area (Å²) in [5.41, 5.74) is -0.701. The standard InChI is InChI=1S/C18H23N3O7/c1-5-18(2)16(24)21(17(25)20-18)9-15(23)28-10-14(22)19-12-8-11(26-3)6-7-13(12)27-4/h6-8H,5,9-10H2,1-4H3,(H,19,22)(H,20,25)/t18-/m0/s1. The Morgan fingerprint density at radius 3 is 2.50 bits per heavy atom. The Bertz CT molecular complexity index is 795. The summed E-state index contributed by atoms with van der Waals surface area (Å²) in [7, 11) is 2.92. The molecule has 10 heteroatoms. The Morgan fingerprint density at radius 1 is 1.21 bits per heavy atom. The SMILES string of the molecule is CC[C@]1(C)NC(=O)N(CC(=O)OCC(=O)Nc2cc(OC)ccc2OC)C1=O. The lowest BCUT2D eigenvalue weighted by molar-refractivity contribution is -0.150. The van der Waals surface area contributed by atoms with Gasteiger partial charge in [-0.3, -0.25) is 19.3 Å². The van der Waals surface area contributed by atoms with Crippen LogP contribution in [-0.4, -0.2) is 61.6 Å². The third kappa shape index (κ3) is 4.51. The molecule has 152 valence electrons. The second kappa shape index (κ2) is 8.59. The molecule has 2 rings (SSSR count). The number of methoxy groups -OCH3 is 2. The van der Waals surface area contributed by atoms with Gasteiger partial charge in [-0.1, -0.05) is 6.92 Å². The molecule has 10 nitrogen and oxygen atoms in total. The zero-order valence-corrected chi connectivity index (χ0v) is 16.2. The van der Waals surface area contributed by atoms with Gasteiger partial charge in [0.05, 0.1) is 19.9 Å². The fourth-order valence-corrected chi connectivity index (χ4v) is 2.55. The topological polar surface area (TPSA) is 123 Å². The number of anilines is 1. The normalized spacial score (nSPS) is 18.5. The van der Waals surface area contributed by atoms with Crippen LogP contribution in [0.15, 0.2) is 18.2 Å². The first-order chi connectivity index (χ1) is 13.2. The number of imide groups is 1. The highest BCUT2D eigenvalue weighted by Crippen LogP contribution is 2.28. The van der Waals surface area contributed by atoms with Gasteiger partial charge in [0.1, 0.15) is 23.6 Å². The van der Waals surface area contributed by atoms with Gasteiger partial charge in [0.2, 0.25) is 0 Å². The maximum atomic E-state index is 12.2. The van der Waals surface area contributed by atoms with E-state index in [0.717, 1.165) is 4.90 Å². The molecule has 1 aromatic rings. The number of urea groups is 1. The highest BCUT2D eigenvalue weighted by atomic mass is 16.5. The van der Waals surface area contributed by atoms with Crippen LogP contribution in [0.1, 0.15) is 20.3 Å². The molecule has 0 aliphatic carbocycles. The molecule has 0 bridgehead atoms. The fraction of sp³-hybridized carbons (Fsp3) is 0.444. The number of ether oxygens (including phenoxy) is 3. The van der Waals surface area contributed by atoms with E-state index in [-0.39, 0.29) is 0 Å². The van der Waals surface area contributed by atoms with E-state index in [1.807, 2.05) is 0 Å². The number of carbonyl (C=O) groups excluding carboxylic acids is 4. The first-order valence-corrected chi connectivity index (χ1v) is 8.55. The molecule has 0 unspecified atom stereocenters. The lowest BCUT2D eigenvalue weighted by atomic mass is 9.99. The molecule has 1 saturated heterocycles. The lowest BCUT2D eigenvalue weighted by Crippen LogP contribution is -2.43. The van der Waals surface area contributed by atoms with Crippen molar-refractivity contribution in [3.8, 4) is 11.5 Å². The van der Waals surface area contributed by atoms with Gasteiger partial charge in [0.25, 0.3) is 11.8 Å². The third-order valence-corrected chi connectivity index (χ3v) is 4.38. The molecule has 1 heterocycles. The average Bonchev–Trinajstić information content (AvgIpc) is 2.90. The molecule has 0 aromatic heterocycles. The van der Waals surface area contributed by atoms with E-state index in [2.05, 4.69) is 10.6 Å². The lowest BCUT2D eigenvalue weighted by Gasteiger charge is -2.18. The number of carbonyl (C=O) groups is 4. The van der Waals surface area contributed by atoms with Crippen molar-refractivity contribution < 1.29 is 33.4 Å². The molecule has 0 spiro atoms. The van der Waals surface area contributed by atoms with E-state index >= 15 is 0 Å². The van der Waals surface area contributed by atoms with Crippen molar-refractivity contribution in [3.63, 3.8) is 0 Å². The average molecular weight is 393 g/mol. The predicted molar refractivity (Wildman–Crippen MR) is 98.1 cm³/mol. The van der Waals surface area contributed by atoms with Crippen LogP contribution in [0.4, 0.5) is 10.5 Å². The van der Waals surface area contributed by atoms with Crippen molar-refractivity contribution in [1.29, 1.82) is 0 Å². The van der Waals surface area contributed by atoms with Crippen molar-refractivity contribution >= 4 is 29.5 Å². The first kappa shape index (κ1) is 21.0. The van der Waals surface area contributed by atoms with E-state index in [1.54, 1.807) is 32.0 Å². The quantitative estimate of drug-likeness (QED) is 0.497. The molecule has 1 fully saturated rings. The van der Waals surface area contributed by atoms with Crippen LogP contribution in [0.5, 0.6) is 11.5 Å². The third-order valence-electron chi connectivity index (χ3n) is 4.38. The van der Waals surface area contributed by atoms with Crippen molar-refractivity contribution in [2.24, 2.45) is 0 Å². The number of amides is 4. The van der Waals surface area contributed by atoms with Gasteiger partial charge < -0.3 is 24.8 Å². The van der Waals surface area contributed by atoms with Gasteiger partial charge in [0, 0.05) is 6.07 Å². The maximum Gasteiger partial charge on any atom is 0.326 e. The molecular weight excluding hydrogens is 370 g/mol. The van der Waals surface area contributed by atoms with Crippen molar-refractivity contribution in [3.05, 3.63) is 18.2 Å². The van der Waals surface area contributed by atoms with Gasteiger partial charge in [-0.25, -0.2) is 4.79 Å². The van der Waals surface area contributed by atoms with Crippen LogP contribution >= 0.6 is 0 Å². The van der Waals surface area contributed by atoms with Crippen LogP contribution < -0.4 is 20.1 Å². The summed E-state index contributed by atoms with van der Waals surface area (Å²) in [5, 5.41) is 5.07. The molecule has 0 saturated carbocycles. The minimum absolute atomic E-state index is 0.343. The predicted octanol–water partition coefficient (Wildman–Crippen LogP) is 0.906. The highest BCUT2D eigenvalue weighted by Gasteiger charge is 2.47. The van der Waals surface area contributed by atoms with Crippen molar-refractivity contribution in [2.75, 3.05) is 32.7 Å². The number of hydrogen-bond donors (Lipinski definition) is 2. The van der Waals surface area contributed by atoms with Crippen LogP contribution in [0.2, 0.25) is 0 Å². The zero-order chi connectivity index (χ0) is 20.9. The zero-order valence-electron chi connectivity index (χ0n) is 16.2. The summed E-state index contributed by atoms with van der Waals surface area (Å²) < 4.78 is 15.1. The van der Waals surface area contributed by atoms with Crippen LogP contribution in [0, 0.1) is 0 Å². The molecule has 28 heavy (non-hydrogen) atoms. The minimum Gasteiger partial charge on any atom is -0.497 e. The Labute approximate surface area is 162 Å². The Hall–Kier alpha value is -3.30. The molecule has 1 aliphatic rings. The van der Waals surface area contributed by atoms with E-state index in [1.165, 1.54) is 14.2 Å². The summed E-state index contributed by atoms with van der Waals surface area (Å²) >= 11 is 0. The fourth-order valence-electron chi connectivity index (χ4n) is 2.55. The molecule has 4 amide bonds. The van der Waals surface area contributed by atoms with Gasteiger partial charge in [-0.05, 0) is 25.5 Å².